The molecule has 0 aliphatic rings. The van der Waals surface area contributed by atoms with E-state index in [0.29, 0.717) is 19.3 Å². The van der Waals surface area contributed by atoms with E-state index in [-0.39, 0.29) is 31.1 Å². The van der Waals surface area contributed by atoms with E-state index >= 15 is 0 Å². The fourth-order valence-electron chi connectivity index (χ4n) is 8.84. The second-order valence-corrected chi connectivity index (χ2v) is 20.6. The minimum atomic E-state index is -0.763. The number of carbonyl (C=O) groups excluding carboxylic acids is 3. The summed E-state index contributed by atoms with van der Waals surface area (Å²) < 4.78 is 16.8. The van der Waals surface area contributed by atoms with Gasteiger partial charge >= 0.3 is 17.9 Å². The topological polar surface area (TPSA) is 78.9 Å². The van der Waals surface area contributed by atoms with Crippen LogP contribution in [0.25, 0.3) is 0 Å². The zero-order valence-corrected chi connectivity index (χ0v) is 43.9. The van der Waals surface area contributed by atoms with E-state index in [1.165, 1.54) is 212 Å². The van der Waals surface area contributed by atoms with Crippen LogP contribution in [0, 0.1) is 11.8 Å². The number of rotatable bonds is 52. The van der Waals surface area contributed by atoms with E-state index in [1.54, 1.807) is 0 Å². The SMILES string of the molecule is CCCCCCCCCCCCCCCCCCCCCC(=O)OC[C@@H](COC(=O)CCCCCCCCCCCCCCCCC(C)CC)OC(=O)CCCCCCCCC(C)C. The van der Waals surface area contributed by atoms with Crippen LogP contribution in [0.5, 0.6) is 0 Å². The van der Waals surface area contributed by atoms with Gasteiger partial charge in [-0.2, -0.15) is 0 Å². The highest BCUT2D eigenvalue weighted by Crippen LogP contribution is 2.18. The van der Waals surface area contributed by atoms with E-state index in [0.717, 1.165) is 69.6 Å². The largest absolute Gasteiger partial charge is 0.462 e. The summed E-state index contributed by atoms with van der Waals surface area (Å²) in [6.45, 7) is 11.4. The van der Waals surface area contributed by atoms with E-state index in [1.807, 2.05) is 0 Å². The molecule has 0 bridgehead atoms. The first-order valence-corrected chi connectivity index (χ1v) is 28.8. The summed E-state index contributed by atoms with van der Waals surface area (Å²) in [6.07, 6.45) is 54.0. The van der Waals surface area contributed by atoms with Crippen LogP contribution in [0.3, 0.4) is 0 Å². The van der Waals surface area contributed by atoms with Crippen molar-refractivity contribution in [1.29, 1.82) is 0 Å². The van der Waals surface area contributed by atoms with Crippen LogP contribution in [-0.4, -0.2) is 37.2 Å². The third-order valence-electron chi connectivity index (χ3n) is 13.6. The van der Waals surface area contributed by atoms with Crippen molar-refractivity contribution in [2.45, 2.75) is 330 Å². The summed E-state index contributed by atoms with van der Waals surface area (Å²) in [5.41, 5.74) is 0. The lowest BCUT2D eigenvalue weighted by Crippen LogP contribution is -2.30. The lowest BCUT2D eigenvalue weighted by molar-refractivity contribution is -0.167. The van der Waals surface area contributed by atoms with Gasteiger partial charge in [0.05, 0.1) is 0 Å². The minimum Gasteiger partial charge on any atom is -0.462 e. The molecule has 0 aromatic heterocycles. The third kappa shape index (κ3) is 49.8. The van der Waals surface area contributed by atoms with Gasteiger partial charge in [-0.3, -0.25) is 14.4 Å². The molecule has 64 heavy (non-hydrogen) atoms. The maximum atomic E-state index is 12.8. The average Bonchev–Trinajstić information content (AvgIpc) is 3.28. The van der Waals surface area contributed by atoms with Crippen molar-refractivity contribution in [1.82, 2.24) is 0 Å². The number of esters is 3. The normalized spacial score (nSPS) is 12.5. The molecule has 0 heterocycles. The molecule has 0 aliphatic carbocycles. The number of hydrogen-bond donors (Lipinski definition) is 0. The molecule has 380 valence electrons. The van der Waals surface area contributed by atoms with Crippen molar-refractivity contribution in [3.05, 3.63) is 0 Å². The Kier molecular flexibility index (Phi) is 49.6. The molecular weight excluding hydrogens is 793 g/mol. The summed E-state index contributed by atoms with van der Waals surface area (Å²) >= 11 is 0. The van der Waals surface area contributed by atoms with Crippen molar-refractivity contribution in [2.75, 3.05) is 13.2 Å². The maximum absolute atomic E-state index is 12.8. The van der Waals surface area contributed by atoms with Crippen LogP contribution in [0.4, 0.5) is 0 Å². The van der Waals surface area contributed by atoms with Gasteiger partial charge in [-0.1, -0.05) is 285 Å². The van der Waals surface area contributed by atoms with Crippen LogP contribution < -0.4 is 0 Å². The van der Waals surface area contributed by atoms with E-state index in [4.69, 9.17) is 14.2 Å². The molecule has 0 amide bonds. The zero-order chi connectivity index (χ0) is 46.8. The van der Waals surface area contributed by atoms with Gasteiger partial charge in [0.25, 0.3) is 0 Å². The Morgan fingerprint density at radius 3 is 0.891 bits per heavy atom. The predicted molar refractivity (Wildman–Crippen MR) is 275 cm³/mol. The van der Waals surface area contributed by atoms with Gasteiger partial charge in [0.1, 0.15) is 13.2 Å². The molecule has 0 spiro atoms. The van der Waals surface area contributed by atoms with Crippen LogP contribution in [0.15, 0.2) is 0 Å². The highest BCUT2D eigenvalue weighted by atomic mass is 16.6. The van der Waals surface area contributed by atoms with E-state index in [2.05, 4.69) is 34.6 Å². The predicted octanol–water partition coefficient (Wildman–Crippen LogP) is 18.9. The Labute approximate surface area is 399 Å². The molecule has 2 atom stereocenters. The quantitative estimate of drug-likeness (QED) is 0.0344. The number of hydrogen-bond acceptors (Lipinski definition) is 6. The molecule has 6 nitrogen and oxygen atoms in total. The molecule has 0 saturated heterocycles. The fraction of sp³-hybridized carbons (Fsp3) is 0.948. The number of carbonyl (C=O) groups is 3. The van der Waals surface area contributed by atoms with Crippen LogP contribution in [0.2, 0.25) is 0 Å². The molecule has 0 rings (SSSR count). The van der Waals surface area contributed by atoms with Gasteiger partial charge in [0, 0.05) is 19.3 Å². The maximum Gasteiger partial charge on any atom is 0.306 e. The van der Waals surface area contributed by atoms with E-state index < -0.39 is 6.10 Å². The number of ether oxygens (including phenoxy) is 3. The van der Waals surface area contributed by atoms with Gasteiger partial charge in [-0.25, -0.2) is 0 Å². The van der Waals surface area contributed by atoms with Crippen LogP contribution >= 0.6 is 0 Å². The number of unbranched alkanes of at least 4 members (excludes halogenated alkanes) is 36. The van der Waals surface area contributed by atoms with Crippen molar-refractivity contribution in [2.24, 2.45) is 11.8 Å². The van der Waals surface area contributed by atoms with Gasteiger partial charge in [-0.05, 0) is 31.1 Å². The zero-order valence-electron chi connectivity index (χ0n) is 43.9. The molecular formula is C58H112O6. The second-order valence-electron chi connectivity index (χ2n) is 20.6. The highest BCUT2D eigenvalue weighted by Gasteiger charge is 2.19. The third-order valence-corrected chi connectivity index (χ3v) is 13.6. The first-order chi connectivity index (χ1) is 31.3. The molecule has 1 unspecified atom stereocenters. The monoisotopic (exact) mass is 905 g/mol. The standard InChI is InChI=1S/C58H112O6/c1-6-8-9-10-11-12-13-14-15-16-17-18-19-23-26-29-32-38-43-48-56(59)62-51-55(64-58(61)50-45-40-35-34-36-41-46-53(3)4)52-63-57(60)49-44-39-33-30-27-24-21-20-22-25-28-31-37-42-47-54(5)7-2/h53-55H,6-52H2,1-5H3/t54?,55-/m0/s1. The summed E-state index contributed by atoms with van der Waals surface area (Å²) in [5, 5.41) is 0. The summed E-state index contributed by atoms with van der Waals surface area (Å²) in [4.78, 5) is 38.0. The highest BCUT2D eigenvalue weighted by molar-refractivity contribution is 5.71. The van der Waals surface area contributed by atoms with Crippen molar-refractivity contribution < 1.29 is 28.6 Å². The second kappa shape index (κ2) is 50.8. The first-order valence-electron chi connectivity index (χ1n) is 28.8. The Bertz CT molecular complexity index is 980. The summed E-state index contributed by atoms with van der Waals surface area (Å²) in [6, 6.07) is 0. The van der Waals surface area contributed by atoms with Gasteiger partial charge in [-0.15, -0.1) is 0 Å². The Morgan fingerprint density at radius 1 is 0.328 bits per heavy atom. The van der Waals surface area contributed by atoms with Crippen molar-refractivity contribution in [3.8, 4) is 0 Å². The fourth-order valence-corrected chi connectivity index (χ4v) is 8.84. The molecule has 0 saturated carbocycles. The molecule has 0 radical (unpaired) electrons. The minimum absolute atomic E-state index is 0.0641. The molecule has 6 heteroatoms. The van der Waals surface area contributed by atoms with Gasteiger partial charge < -0.3 is 14.2 Å². The van der Waals surface area contributed by atoms with Crippen LogP contribution in [0.1, 0.15) is 324 Å². The van der Waals surface area contributed by atoms with Crippen molar-refractivity contribution in [3.63, 3.8) is 0 Å². The molecule has 0 aromatic rings. The Balaban J connectivity index is 4.18. The summed E-state index contributed by atoms with van der Waals surface area (Å²) in [7, 11) is 0. The average molecular weight is 906 g/mol. The van der Waals surface area contributed by atoms with Gasteiger partial charge in [0.15, 0.2) is 6.10 Å². The van der Waals surface area contributed by atoms with Crippen molar-refractivity contribution >= 4 is 17.9 Å². The smallest absolute Gasteiger partial charge is 0.306 e. The molecule has 0 aromatic carbocycles. The Morgan fingerprint density at radius 2 is 0.594 bits per heavy atom. The molecule has 0 aliphatic heterocycles. The molecule has 0 N–H and O–H groups in total. The van der Waals surface area contributed by atoms with E-state index in [9.17, 15) is 14.4 Å². The first kappa shape index (κ1) is 62.4. The summed E-state index contributed by atoms with van der Waals surface area (Å²) in [5.74, 6) is 0.807. The lowest BCUT2D eigenvalue weighted by atomic mass is 9.99. The van der Waals surface area contributed by atoms with Crippen LogP contribution in [-0.2, 0) is 28.6 Å². The lowest BCUT2D eigenvalue weighted by Gasteiger charge is -2.18. The molecule has 0 fully saturated rings. The Hall–Kier alpha value is -1.59. The van der Waals surface area contributed by atoms with Gasteiger partial charge in [0.2, 0.25) is 0 Å².